The van der Waals surface area contributed by atoms with Gasteiger partial charge in [-0.1, -0.05) is 24.3 Å². The van der Waals surface area contributed by atoms with Gasteiger partial charge in [0.25, 0.3) is 15.9 Å². The van der Waals surface area contributed by atoms with Gasteiger partial charge in [-0.3, -0.25) is 4.79 Å². The van der Waals surface area contributed by atoms with Crippen molar-refractivity contribution in [2.45, 2.75) is 23.3 Å². The first-order chi connectivity index (χ1) is 11.8. The number of hydrogen-bond donors (Lipinski definition) is 3. The molecule has 2 aliphatic rings. The predicted molar refractivity (Wildman–Crippen MR) is 96.5 cm³/mol. The Hall–Kier alpha value is -1.90. The third kappa shape index (κ3) is 3.86. The first-order valence-electron chi connectivity index (χ1n) is 8.37. The van der Waals surface area contributed by atoms with Crippen LogP contribution < -0.4 is 15.8 Å². The third-order valence-electron chi connectivity index (χ3n) is 4.74. The summed E-state index contributed by atoms with van der Waals surface area (Å²) in [6.45, 7) is 2.26. The van der Waals surface area contributed by atoms with E-state index in [9.17, 15) is 13.2 Å². The molecule has 25 heavy (non-hydrogen) atoms. The van der Waals surface area contributed by atoms with Gasteiger partial charge in [0, 0.05) is 25.6 Å². The molecule has 0 unspecified atom stereocenters. The molecule has 7 nitrogen and oxygen atoms in total. The van der Waals surface area contributed by atoms with Crippen LogP contribution in [0.5, 0.6) is 0 Å². The van der Waals surface area contributed by atoms with E-state index in [0.29, 0.717) is 18.7 Å². The number of carbonyl (C=O) groups is 1. The van der Waals surface area contributed by atoms with Gasteiger partial charge in [-0.25, -0.2) is 13.1 Å². The van der Waals surface area contributed by atoms with Crippen molar-refractivity contribution in [3.63, 3.8) is 0 Å². The number of nitrogens with two attached hydrogens (primary N) is 1. The quantitative estimate of drug-likeness (QED) is 0.580. The summed E-state index contributed by atoms with van der Waals surface area (Å²) in [6.07, 6.45) is 5.26. The number of fused-ring (bicyclic) bond motifs is 2. The molecule has 1 aromatic carbocycles. The molecule has 2 atom stereocenters. The van der Waals surface area contributed by atoms with E-state index in [4.69, 9.17) is 5.73 Å². The molecule has 3 rings (SSSR count). The Kier molecular flexibility index (Phi) is 4.86. The second-order valence-corrected chi connectivity index (χ2v) is 8.38. The Morgan fingerprint density at radius 2 is 2.04 bits per heavy atom. The summed E-state index contributed by atoms with van der Waals surface area (Å²) >= 11 is 0. The van der Waals surface area contributed by atoms with E-state index in [1.54, 1.807) is 18.2 Å². The van der Waals surface area contributed by atoms with Crippen LogP contribution in [0.15, 0.2) is 41.3 Å². The zero-order valence-electron chi connectivity index (χ0n) is 14.2. The molecule has 0 bridgehead atoms. The molecule has 1 fully saturated rings. The number of sulfonamides is 1. The molecule has 8 heteroatoms. The van der Waals surface area contributed by atoms with Crippen molar-refractivity contribution < 1.29 is 13.2 Å². The highest BCUT2D eigenvalue weighted by atomic mass is 32.2. The lowest BCUT2D eigenvalue weighted by atomic mass is 10.2. The van der Waals surface area contributed by atoms with Crippen molar-refractivity contribution in [1.29, 1.82) is 0 Å². The third-order valence-corrected chi connectivity index (χ3v) is 6.13. The minimum atomic E-state index is -3.99. The SMILES string of the molecule is CN1CC/C=C\[C@H]2C[C@]2(N)C(=O)NS(=O)(=O)c2ccccc2NCC1. The maximum absolute atomic E-state index is 12.7. The van der Waals surface area contributed by atoms with E-state index in [0.717, 1.165) is 19.5 Å². The zero-order valence-corrected chi connectivity index (χ0v) is 15.1. The molecular formula is C17H24N4O3S. The van der Waals surface area contributed by atoms with Crippen LogP contribution in [0.2, 0.25) is 0 Å². The van der Waals surface area contributed by atoms with Crippen LogP contribution in [-0.2, 0) is 14.8 Å². The van der Waals surface area contributed by atoms with Gasteiger partial charge in [0.15, 0.2) is 0 Å². The smallest absolute Gasteiger partial charge is 0.266 e. The van der Waals surface area contributed by atoms with E-state index in [2.05, 4.69) is 14.9 Å². The van der Waals surface area contributed by atoms with Crippen LogP contribution in [-0.4, -0.2) is 51.4 Å². The Morgan fingerprint density at radius 1 is 1.28 bits per heavy atom. The van der Waals surface area contributed by atoms with Gasteiger partial charge in [0.2, 0.25) is 0 Å². The summed E-state index contributed by atoms with van der Waals surface area (Å²) in [6, 6.07) is 6.56. The molecule has 0 aromatic heterocycles. The number of para-hydroxylation sites is 1. The van der Waals surface area contributed by atoms with Crippen LogP contribution in [0, 0.1) is 5.92 Å². The van der Waals surface area contributed by atoms with Gasteiger partial charge in [-0.05, 0) is 32.0 Å². The van der Waals surface area contributed by atoms with Gasteiger partial charge in [0.05, 0.1) is 5.69 Å². The van der Waals surface area contributed by atoms with Crippen LogP contribution in [0.3, 0.4) is 0 Å². The van der Waals surface area contributed by atoms with Crippen molar-refractivity contribution in [3.05, 3.63) is 36.4 Å². The van der Waals surface area contributed by atoms with Crippen LogP contribution in [0.25, 0.3) is 0 Å². The Balaban J connectivity index is 1.90. The average Bonchev–Trinajstić information content (AvgIpc) is 3.23. The number of likely N-dealkylation sites (N-methyl/N-ethyl adjacent to an activating group) is 1. The number of rotatable bonds is 0. The maximum Gasteiger partial charge on any atom is 0.266 e. The van der Waals surface area contributed by atoms with Gasteiger partial charge >= 0.3 is 0 Å². The maximum atomic E-state index is 12.7. The molecule has 1 amide bonds. The molecule has 4 N–H and O–H groups in total. The van der Waals surface area contributed by atoms with E-state index in [-0.39, 0.29) is 10.8 Å². The zero-order chi connectivity index (χ0) is 18.1. The van der Waals surface area contributed by atoms with Crippen molar-refractivity contribution >= 4 is 21.6 Å². The second kappa shape index (κ2) is 6.78. The summed E-state index contributed by atoms with van der Waals surface area (Å²) in [5.74, 6) is -0.768. The minimum absolute atomic E-state index is 0.0530. The van der Waals surface area contributed by atoms with Crippen molar-refractivity contribution in [2.24, 2.45) is 11.7 Å². The summed E-state index contributed by atoms with van der Waals surface area (Å²) in [5.41, 5.74) is 5.42. The topological polar surface area (TPSA) is 105 Å². The lowest BCUT2D eigenvalue weighted by Crippen LogP contribution is -2.46. The van der Waals surface area contributed by atoms with Crippen molar-refractivity contribution in [1.82, 2.24) is 9.62 Å². The molecule has 1 aliphatic heterocycles. The molecule has 136 valence electrons. The Labute approximate surface area is 148 Å². The summed E-state index contributed by atoms with van der Waals surface area (Å²) < 4.78 is 27.5. The fourth-order valence-corrected chi connectivity index (χ4v) is 4.20. The summed E-state index contributed by atoms with van der Waals surface area (Å²) in [4.78, 5) is 14.6. The van der Waals surface area contributed by atoms with Crippen LogP contribution in [0.4, 0.5) is 5.69 Å². The highest BCUT2D eigenvalue weighted by molar-refractivity contribution is 7.90. The van der Waals surface area contributed by atoms with Gasteiger partial charge < -0.3 is 16.0 Å². The summed E-state index contributed by atoms with van der Waals surface area (Å²) in [7, 11) is -1.97. The largest absolute Gasteiger partial charge is 0.383 e. The highest BCUT2D eigenvalue weighted by Crippen LogP contribution is 2.42. The minimum Gasteiger partial charge on any atom is -0.383 e. The molecule has 1 heterocycles. The predicted octanol–water partition coefficient (Wildman–Crippen LogP) is 0.513. The number of nitrogens with zero attached hydrogens (tertiary/aromatic N) is 1. The number of hydrogen-bond acceptors (Lipinski definition) is 6. The van der Waals surface area contributed by atoms with Crippen molar-refractivity contribution in [2.75, 3.05) is 32.0 Å². The van der Waals surface area contributed by atoms with Crippen molar-refractivity contribution in [3.8, 4) is 0 Å². The molecule has 1 aliphatic carbocycles. The summed E-state index contributed by atoms with van der Waals surface area (Å²) in [5, 5.41) is 3.14. The van der Waals surface area contributed by atoms with Gasteiger partial charge in [-0.2, -0.15) is 0 Å². The lowest BCUT2D eigenvalue weighted by molar-refractivity contribution is -0.121. The number of benzene rings is 1. The normalized spacial score (nSPS) is 31.3. The molecule has 1 saturated carbocycles. The first kappa shape index (κ1) is 17.9. The Bertz CT molecular complexity index is 793. The molecule has 0 radical (unpaired) electrons. The standard InChI is InChI=1S/C17H24N4O3S/c1-21-10-5-4-6-13-12-17(13,18)16(22)20-25(23,24)15-8-3-2-7-14(15)19-9-11-21/h2-4,6-8,13,19H,5,9-12,18H2,1H3,(H,20,22)/b6-4-/t13-,17+/m0/s1. The first-order valence-corrected chi connectivity index (χ1v) is 9.85. The molecule has 0 saturated heterocycles. The van der Waals surface area contributed by atoms with Crippen LogP contribution >= 0.6 is 0 Å². The Morgan fingerprint density at radius 3 is 2.84 bits per heavy atom. The number of amides is 1. The average molecular weight is 364 g/mol. The molecule has 1 aromatic rings. The lowest BCUT2D eigenvalue weighted by Gasteiger charge is -2.18. The van der Waals surface area contributed by atoms with Gasteiger partial charge in [0.1, 0.15) is 10.4 Å². The van der Waals surface area contributed by atoms with Gasteiger partial charge in [-0.15, -0.1) is 0 Å². The monoisotopic (exact) mass is 364 g/mol. The fourth-order valence-electron chi connectivity index (χ4n) is 2.97. The van der Waals surface area contributed by atoms with Crippen LogP contribution in [0.1, 0.15) is 12.8 Å². The number of anilines is 1. The van der Waals surface area contributed by atoms with E-state index in [1.807, 2.05) is 19.2 Å². The molecule has 0 spiro atoms. The highest BCUT2D eigenvalue weighted by Gasteiger charge is 2.56. The fraction of sp³-hybridized carbons (Fsp3) is 0.471. The van der Waals surface area contributed by atoms with E-state index >= 15 is 0 Å². The second-order valence-electron chi connectivity index (χ2n) is 6.73. The number of carbonyl (C=O) groups excluding carboxylic acids is 1. The molecular weight excluding hydrogens is 340 g/mol. The van der Waals surface area contributed by atoms with E-state index in [1.165, 1.54) is 6.07 Å². The number of nitrogens with one attached hydrogen (secondary N) is 2. The van der Waals surface area contributed by atoms with E-state index < -0.39 is 21.5 Å².